The van der Waals surface area contributed by atoms with Crippen LogP contribution in [0.15, 0.2) is 113 Å². The zero-order chi connectivity index (χ0) is 18.8. The molecule has 2 heteroatoms. The van der Waals surface area contributed by atoms with Crippen molar-refractivity contribution in [3.8, 4) is 11.1 Å². The Morgan fingerprint density at radius 1 is 0.500 bits per heavy atom. The third-order valence-corrected chi connectivity index (χ3v) is 5.75. The number of hydrogen-bond acceptors (Lipinski definition) is 2. The van der Waals surface area contributed by atoms with E-state index < -0.39 is 0 Å². The summed E-state index contributed by atoms with van der Waals surface area (Å²) >= 11 is 1.80. The summed E-state index contributed by atoms with van der Waals surface area (Å²) in [6.45, 7) is 0. The lowest BCUT2D eigenvalue weighted by Gasteiger charge is -2.02. The van der Waals surface area contributed by atoms with E-state index >= 15 is 0 Å². The van der Waals surface area contributed by atoms with Gasteiger partial charge in [0.15, 0.2) is 0 Å². The van der Waals surface area contributed by atoms with E-state index in [1.165, 1.54) is 32.0 Å². The first-order chi connectivity index (χ1) is 13.9. The Balaban J connectivity index is 0.000000123. The Kier molecular flexibility index (Phi) is 4.40. The van der Waals surface area contributed by atoms with E-state index in [2.05, 4.69) is 72.1 Å². The molecule has 0 aliphatic carbocycles. The van der Waals surface area contributed by atoms with Crippen molar-refractivity contribution >= 4 is 43.4 Å². The van der Waals surface area contributed by atoms with E-state index in [-0.39, 0.29) is 0 Å². The highest BCUT2D eigenvalue weighted by molar-refractivity contribution is 7.17. The van der Waals surface area contributed by atoms with E-state index in [0.29, 0.717) is 0 Å². The highest BCUT2D eigenvalue weighted by atomic mass is 32.1. The molecule has 0 atom stereocenters. The molecular weight excluding hydrogens is 360 g/mol. The van der Waals surface area contributed by atoms with Crippen molar-refractivity contribution in [3.63, 3.8) is 0 Å². The van der Waals surface area contributed by atoms with Gasteiger partial charge in [0.2, 0.25) is 0 Å². The van der Waals surface area contributed by atoms with Crippen LogP contribution >= 0.6 is 11.3 Å². The van der Waals surface area contributed by atoms with Gasteiger partial charge in [-0.25, -0.2) is 0 Å². The molecule has 0 spiro atoms. The Bertz CT molecular complexity index is 1310. The maximum absolute atomic E-state index is 5.65. The van der Waals surface area contributed by atoms with Gasteiger partial charge in [-0.1, -0.05) is 78.9 Å². The van der Waals surface area contributed by atoms with Gasteiger partial charge in [0.1, 0.15) is 11.2 Å². The van der Waals surface area contributed by atoms with Crippen LogP contribution in [0.5, 0.6) is 0 Å². The SMILES string of the molecule is c1ccc(-c2cccc3sccc23)cc1.c1ccc2c(c1)oc1ccccc12. The summed E-state index contributed by atoms with van der Waals surface area (Å²) in [5.74, 6) is 0. The minimum absolute atomic E-state index is 0.962. The lowest BCUT2D eigenvalue weighted by molar-refractivity contribution is 0.669. The second-order valence-electron chi connectivity index (χ2n) is 6.60. The fourth-order valence-electron chi connectivity index (χ4n) is 3.54. The molecule has 0 N–H and O–H groups in total. The first kappa shape index (κ1) is 16.8. The van der Waals surface area contributed by atoms with Crippen molar-refractivity contribution in [2.45, 2.75) is 0 Å². The highest BCUT2D eigenvalue weighted by Gasteiger charge is 2.04. The Morgan fingerprint density at radius 3 is 1.86 bits per heavy atom. The summed E-state index contributed by atoms with van der Waals surface area (Å²) in [5, 5.41) is 5.89. The van der Waals surface area contributed by atoms with E-state index in [1.54, 1.807) is 11.3 Å². The lowest BCUT2D eigenvalue weighted by atomic mass is 10.0. The van der Waals surface area contributed by atoms with Crippen LogP contribution in [0.3, 0.4) is 0 Å². The van der Waals surface area contributed by atoms with E-state index in [9.17, 15) is 0 Å². The third kappa shape index (κ3) is 3.08. The second kappa shape index (κ2) is 7.34. The van der Waals surface area contributed by atoms with Crippen LogP contribution in [-0.2, 0) is 0 Å². The van der Waals surface area contributed by atoms with Crippen molar-refractivity contribution in [1.82, 2.24) is 0 Å². The van der Waals surface area contributed by atoms with Gasteiger partial charge in [0.25, 0.3) is 0 Å². The van der Waals surface area contributed by atoms with Crippen LogP contribution in [0.4, 0.5) is 0 Å². The number of para-hydroxylation sites is 2. The first-order valence-corrected chi connectivity index (χ1v) is 10.2. The molecular formula is C26H18OS. The molecule has 2 aromatic heterocycles. The molecule has 4 aromatic carbocycles. The predicted octanol–water partition coefficient (Wildman–Crippen LogP) is 8.15. The molecule has 2 heterocycles. The number of hydrogen-bond donors (Lipinski definition) is 0. The molecule has 0 saturated carbocycles. The predicted molar refractivity (Wildman–Crippen MR) is 121 cm³/mol. The molecule has 0 bridgehead atoms. The molecule has 1 nitrogen and oxygen atoms in total. The molecule has 0 radical (unpaired) electrons. The number of fused-ring (bicyclic) bond motifs is 4. The highest BCUT2D eigenvalue weighted by Crippen LogP contribution is 2.31. The number of benzene rings is 4. The van der Waals surface area contributed by atoms with Crippen LogP contribution in [-0.4, -0.2) is 0 Å². The van der Waals surface area contributed by atoms with E-state index in [0.717, 1.165) is 11.2 Å². The maximum Gasteiger partial charge on any atom is 0.135 e. The minimum atomic E-state index is 0.962. The standard InChI is InChI=1S/C14H10S.C12H8O/c1-2-5-11(6-3-1)12-7-4-8-14-13(12)9-10-15-14;1-3-7-11-9(5-1)10-6-2-4-8-12(10)13-11/h1-10H;1-8H. The van der Waals surface area contributed by atoms with Crippen LogP contribution < -0.4 is 0 Å². The fraction of sp³-hybridized carbons (Fsp3) is 0. The van der Waals surface area contributed by atoms with Gasteiger partial charge in [-0.3, -0.25) is 0 Å². The van der Waals surface area contributed by atoms with E-state index in [4.69, 9.17) is 4.42 Å². The third-order valence-electron chi connectivity index (χ3n) is 4.86. The van der Waals surface area contributed by atoms with Crippen LogP contribution in [0, 0.1) is 0 Å². The smallest absolute Gasteiger partial charge is 0.135 e. The quantitative estimate of drug-likeness (QED) is 0.281. The van der Waals surface area contributed by atoms with Gasteiger partial charge in [-0.15, -0.1) is 11.3 Å². The van der Waals surface area contributed by atoms with Gasteiger partial charge in [-0.05, 0) is 40.8 Å². The molecule has 6 rings (SSSR count). The Morgan fingerprint density at radius 2 is 1.14 bits per heavy atom. The summed E-state index contributed by atoms with van der Waals surface area (Å²) in [6.07, 6.45) is 0. The molecule has 134 valence electrons. The molecule has 0 aliphatic heterocycles. The Hall–Kier alpha value is -3.36. The van der Waals surface area contributed by atoms with Crippen molar-refractivity contribution in [2.75, 3.05) is 0 Å². The van der Waals surface area contributed by atoms with Crippen LogP contribution in [0.25, 0.3) is 43.2 Å². The summed E-state index contributed by atoms with van der Waals surface area (Å²) in [5.41, 5.74) is 4.54. The maximum atomic E-state index is 5.65. The summed E-state index contributed by atoms with van der Waals surface area (Å²) in [6, 6.07) is 35.4. The topological polar surface area (TPSA) is 13.1 Å². The molecule has 0 fully saturated rings. The summed E-state index contributed by atoms with van der Waals surface area (Å²) in [4.78, 5) is 0. The molecule has 28 heavy (non-hydrogen) atoms. The van der Waals surface area contributed by atoms with Crippen LogP contribution in [0.2, 0.25) is 0 Å². The average Bonchev–Trinajstić information content (AvgIpc) is 3.39. The number of rotatable bonds is 1. The zero-order valence-corrected chi connectivity index (χ0v) is 16.0. The van der Waals surface area contributed by atoms with Crippen molar-refractivity contribution < 1.29 is 4.42 Å². The molecule has 0 amide bonds. The first-order valence-electron chi connectivity index (χ1n) is 9.28. The monoisotopic (exact) mass is 378 g/mol. The molecule has 0 saturated heterocycles. The summed E-state index contributed by atoms with van der Waals surface area (Å²) in [7, 11) is 0. The minimum Gasteiger partial charge on any atom is -0.456 e. The van der Waals surface area contributed by atoms with Gasteiger partial charge in [0.05, 0.1) is 0 Å². The van der Waals surface area contributed by atoms with E-state index in [1.807, 2.05) is 36.4 Å². The lowest BCUT2D eigenvalue weighted by Crippen LogP contribution is -1.76. The van der Waals surface area contributed by atoms with Gasteiger partial charge >= 0.3 is 0 Å². The molecule has 6 aromatic rings. The van der Waals surface area contributed by atoms with Crippen molar-refractivity contribution in [3.05, 3.63) is 109 Å². The van der Waals surface area contributed by atoms with Crippen molar-refractivity contribution in [2.24, 2.45) is 0 Å². The number of thiophene rings is 1. The average molecular weight is 378 g/mol. The molecule has 0 unspecified atom stereocenters. The largest absolute Gasteiger partial charge is 0.456 e. The van der Waals surface area contributed by atoms with Gasteiger partial charge in [0, 0.05) is 20.9 Å². The second-order valence-corrected chi connectivity index (χ2v) is 7.55. The zero-order valence-electron chi connectivity index (χ0n) is 15.2. The van der Waals surface area contributed by atoms with Crippen molar-refractivity contribution in [1.29, 1.82) is 0 Å². The Labute approximate surface area is 167 Å². The normalized spacial score (nSPS) is 10.9. The fourth-order valence-corrected chi connectivity index (χ4v) is 4.35. The van der Waals surface area contributed by atoms with Crippen LogP contribution in [0.1, 0.15) is 0 Å². The summed E-state index contributed by atoms with van der Waals surface area (Å²) < 4.78 is 7.01. The molecule has 0 aliphatic rings. The number of furan rings is 1. The van der Waals surface area contributed by atoms with Gasteiger partial charge in [-0.2, -0.15) is 0 Å². The van der Waals surface area contributed by atoms with Gasteiger partial charge < -0.3 is 4.42 Å².